The average molecular weight is 385 g/mol. The third-order valence-electron chi connectivity index (χ3n) is 4.20. The quantitative estimate of drug-likeness (QED) is 0.611. The second-order valence-corrected chi connectivity index (χ2v) is 8.05. The van der Waals surface area contributed by atoms with Crippen molar-refractivity contribution in [2.45, 2.75) is 26.0 Å². The molecule has 3 heterocycles. The van der Waals surface area contributed by atoms with E-state index >= 15 is 0 Å². The maximum absolute atomic E-state index is 12.5. The van der Waals surface area contributed by atoms with Gasteiger partial charge in [-0.2, -0.15) is 0 Å². The van der Waals surface area contributed by atoms with Crippen LogP contribution < -0.4 is 10.9 Å². The van der Waals surface area contributed by atoms with Gasteiger partial charge in [-0.15, -0.1) is 0 Å². The molecule has 0 aromatic carbocycles. The monoisotopic (exact) mass is 385 g/mol. The highest BCUT2D eigenvalue weighted by molar-refractivity contribution is 7.53. The smallest absolute Gasteiger partial charge is 0.332 e. The number of imidazole rings is 1. The van der Waals surface area contributed by atoms with E-state index in [2.05, 4.69) is 20.3 Å². The van der Waals surface area contributed by atoms with Gasteiger partial charge in [-0.25, -0.2) is 9.97 Å². The molecule has 2 aromatic heterocycles. The number of rotatable bonds is 9. The lowest BCUT2D eigenvalue weighted by Crippen LogP contribution is -2.27. The highest BCUT2D eigenvalue weighted by Gasteiger charge is 2.32. The van der Waals surface area contributed by atoms with Crippen molar-refractivity contribution in [3.05, 3.63) is 23.0 Å². The molecule has 10 nitrogen and oxygen atoms in total. The number of fused-ring (bicyclic) bond motifs is 1. The van der Waals surface area contributed by atoms with Crippen LogP contribution in [0.4, 0.5) is 0 Å². The van der Waals surface area contributed by atoms with Crippen molar-refractivity contribution in [2.75, 3.05) is 39.1 Å². The first-order valence-electron chi connectivity index (χ1n) is 8.68. The summed E-state index contributed by atoms with van der Waals surface area (Å²) in [6.07, 6.45) is 3.00. The van der Waals surface area contributed by atoms with Crippen LogP contribution in [0.15, 0.2) is 17.4 Å². The molecule has 0 amide bonds. The summed E-state index contributed by atoms with van der Waals surface area (Å²) in [5.74, 6) is 0. The van der Waals surface area contributed by atoms with Crippen LogP contribution in [0.25, 0.3) is 11.2 Å². The summed E-state index contributed by atoms with van der Waals surface area (Å²) in [4.78, 5) is 22.7. The summed E-state index contributed by atoms with van der Waals surface area (Å²) in [6, 6.07) is -0.0622. The summed E-state index contributed by atoms with van der Waals surface area (Å²) in [7, 11) is -3.12. The molecule has 1 saturated heterocycles. The molecule has 1 aliphatic heterocycles. The first kappa shape index (κ1) is 19.2. The SMILES string of the molecule is CCOP(=O)(CCO[C@H]1CNC[C@H]1n1cnc2c(=O)[nH]cnc21)OCC. The molecular weight excluding hydrogens is 361 g/mol. The highest BCUT2D eigenvalue weighted by Crippen LogP contribution is 2.47. The third-order valence-corrected chi connectivity index (χ3v) is 6.23. The molecular formula is C15H24N5O5P. The van der Waals surface area contributed by atoms with Crippen LogP contribution in [0.3, 0.4) is 0 Å². The largest absolute Gasteiger partial charge is 0.374 e. The topological polar surface area (TPSA) is 120 Å². The van der Waals surface area contributed by atoms with Crippen LogP contribution >= 0.6 is 7.60 Å². The van der Waals surface area contributed by atoms with E-state index in [0.717, 1.165) is 0 Å². The Morgan fingerprint density at radius 2 is 2.04 bits per heavy atom. The van der Waals surface area contributed by atoms with Crippen LogP contribution in [-0.2, 0) is 18.3 Å². The summed E-state index contributed by atoms with van der Waals surface area (Å²) >= 11 is 0. The van der Waals surface area contributed by atoms with Gasteiger partial charge in [-0.3, -0.25) is 9.36 Å². The number of aromatic nitrogens is 4. The number of nitrogens with zero attached hydrogens (tertiary/aromatic N) is 3. The predicted molar refractivity (Wildman–Crippen MR) is 95.5 cm³/mol. The Kier molecular flexibility index (Phi) is 6.20. The molecule has 2 atom stereocenters. The van der Waals surface area contributed by atoms with E-state index in [1.165, 1.54) is 6.33 Å². The Bertz CT molecular complexity index is 827. The molecule has 0 spiro atoms. The van der Waals surface area contributed by atoms with E-state index in [0.29, 0.717) is 37.5 Å². The molecule has 0 unspecified atom stereocenters. The summed E-state index contributed by atoms with van der Waals surface area (Å²) in [5.41, 5.74) is 0.548. The molecule has 11 heteroatoms. The lowest BCUT2D eigenvalue weighted by Gasteiger charge is -2.22. The maximum Gasteiger partial charge on any atom is 0.332 e. The first-order chi connectivity index (χ1) is 12.6. The van der Waals surface area contributed by atoms with Crippen LogP contribution in [0.2, 0.25) is 0 Å². The summed E-state index contributed by atoms with van der Waals surface area (Å²) in [5, 5.41) is 3.27. The number of aromatic amines is 1. The fraction of sp³-hybridized carbons (Fsp3) is 0.667. The van der Waals surface area contributed by atoms with E-state index in [-0.39, 0.29) is 30.5 Å². The van der Waals surface area contributed by atoms with Crippen molar-refractivity contribution in [1.82, 2.24) is 24.8 Å². The Hall–Kier alpha value is -1.58. The molecule has 0 saturated carbocycles. The van der Waals surface area contributed by atoms with Crippen LogP contribution in [0.5, 0.6) is 0 Å². The number of ether oxygens (including phenoxy) is 1. The van der Waals surface area contributed by atoms with Gasteiger partial charge in [0, 0.05) is 13.1 Å². The molecule has 0 bridgehead atoms. The highest BCUT2D eigenvalue weighted by atomic mass is 31.2. The fourth-order valence-electron chi connectivity index (χ4n) is 3.07. The first-order valence-corrected chi connectivity index (χ1v) is 10.4. The van der Waals surface area contributed by atoms with Crippen LogP contribution in [-0.4, -0.2) is 64.7 Å². The molecule has 1 fully saturated rings. The van der Waals surface area contributed by atoms with Gasteiger partial charge >= 0.3 is 7.60 Å². The number of H-pyrrole nitrogens is 1. The van der Waals surface area contributed by atoms with Crippen molar-refractivity contribution in [3.63, 3.8) is 0 Å². The molecule has 0 radical (unpaired) electrons. The van der Waals surface area contributed by atoms with E-state index < -0.39 is 7.60 Å². The Morgan fingerprint density at radius 3 is 2.77 bits per heavy atom. The molecule has 144 valence electrons. The Labute approximate surface area is 150 Å². The van der Waals surface area contributed by atoms with Crippen molar-refractivity contribution in [2.24, 2.45) is 0 Å². The Balaban J connectivity index is 1.68. The van der Waals surface area contributed by atoms with Gasteiger partial charge in [0.15, 0.2) is 11.2 Å². The van der Waals surface area contributed by atoms with E-state index in [9.17, 15) is 9.36 Å². The zero-order valence-corrected chi connectivity index (χ0v) is 15.8. The maximum atomic E-state index is 12.5. The van der Waals surface area contributed by atoms with Gasteiger partial charge in [0.2, 0.25) is 0 Å². The number of nitrogens with one attached hydrogen (secondary N) is 2. The minimum absolute atomic E-state index is 0.0622. The van der Waals surface area contributed by atoms with E-state index in [1.54, 1.807) is 20.2 Å². The number of hydrogen-bond acceptors (Lipinski definition) is 8. The van der Waals surface area contributed by atoms with E-state index in [4.69, 9.17) is 13.8 Å². The fourth-order valence-corrected chi connectivity index (χ4v) is 4.52. The molecule has 0 aliphatic carbocycles. The molecule has 2 aromatic rings. The van der Waals surface area contributed by atoms with Crippen molar-refractivity contribution < 1.29 is 18.3 Å². The lowest BCUT2D eigenvalue weighted by atomic mass is 10.2. The van der Waals surface area contributed by atoms with Crippen molar-refractivity contribution in [3.8, 4) is 0 Å². The third kappa shape index (κ3) is 4.05. The number of hydrogen-bond donors (Lipinski definition) is 2. The average Bonchev–Trinajstić information content (AvgIpc) is 3.22. The van der Waals surface area contributed by atoms with Gasteiger partial charge in [0.25, 0.3) is 5.56 Å². The van der Waals surface area contributed by atoms with Gasteiger partial charge in [0.1, 0.15) is 0 Å². The second kappa shape index (κ2) is 8.41. The normalized spacial score (nSPS) is 20.8. The lowest BCUT2D eigenvalue weighted by molar-refractivity contribution is 0.0490. The van der Waals surface area contributed by atoms with Crippen molar-refractivity contribution in [1.29, 1.82) is 0 Å². The molecule has 1 aliphatic rings. The summed E-state index contributed by atoms with van der Waals surface area (Å²) < 4.78 is 30.9. The van der Waals surface area contributed by atoms with Gasteiger partial charge in [0.05, 0.1) is 50.8 Å². The minimum atomic E-state index is -3.12. The molecule has 26 heavy (non-hydrogen) atoms. The standard InChI is InChI=1S/C15H24N5O5P/c1-3-24-26(22,25-4-2)6-5-23-12-8-16-7-11(12)20-10-19-13-14(20)17-9-18-15(13)21/h9-12,16H,3-8H2,1-2H3,(H,17,18,21)/t11-,12+/m1/s1. The van der Waals surface area contributed by atoms with Gasteiger partial charge < -0.3 is 28.7 Å². The minimum Gasteiger partial charge on any atom is -0.374 e. The summed E-state index contributed by atoms with van der Waals surface area (Å²) in [6.45, 7) is 5.77. The Morgan fingerprint density at radius 1 is 1.27 bits per heavy atom. The van der Waals surface area contributed by atoms with Crippen LogP contribution in [0.1, 0.15) is 19.9 Å². The molecule has 3 rings (SSSR count). The second-order valence-electron chi connectivity index (χ2n) is 5.86. The predicted octanol–water partition coefficient (Wildman–Crippen LogP) is 0.915. The van der Waals surface area contributed by atoms with Gasteiger partial charge in [-0.1, -0.05) is 0 Å². The van der Waals surface area contributed by atoms with E-state index in [1.807, 2.05) is 4.57 Å². The van der Waals surface area contributed by atoms with Crippen LogP contribution in [0, 0.1) is 0 Å². The van der Waals surface area contributed by atoms with Crippen molar-refractivity contribution >= 4 is 18.8 Å². The van der Waals surface area contributed by atoms with Gasteiger partial charge in [-0.05, 0) is 13.8 Å². The zero-order valence-electron chi connectivity index (χ0n) is 14.9. The zero-order chi connectivity index (χ0) is 18.6. The molecule has 2 N–H and O–H groups in total.